The van der Waals surface area contributed by atoms with Crippen LogP contribution in [0.2, 0.25) is 0 Å². The van der Waals surface area contributed by atoms with Gasteiger partial charge in [0.1, 0.15) is 5.76 Å². The van der Waals surface area contributed by atoms with Gasteiger partial charge >= 0.3 is 0 Å². The fourth-order valence-electron chi connectivity index (χ4n) is 3.07. The number of fused-ring (bicyclic) bond motifs is 2. The second kappa shape index (κ2) is 3.13. The first kappa shape index (κ1) is 8.54. The molecule has 1 aliphatic heterocycles. The van der Waals surface area contributed by atoms with Crippen LogP contribution in [0.4, 0.5) is 0 Å². The van der Waals surface area contributed by atoms with E-state index in [0.29, 0.717) is 0 Å². The van der Waals surface area contributed by atoms with Crippen molar-refractivity contribution >= 4 is 0 Å². The van der Waals surface area contributed by atoms with E-state index in [-0.39, 0.29) is 5.54 Å². The SMILES string of the molecule is c1cc2c(o1)CCNC21CCCCC1. The maximum atomic E-state index is 5.54. The molecule has 3 rings (SSSR count). The third-order valence-electron chi connectivity index (χ3n) is 3.78. The first-order chi connectivity index (χ1) is 6.91. The average molecular weight is 191 g/mol. The van der Waals surface area contributed by atoms with E-state index >= 15 is 0 Å². The van der Waals surface area contributed by atoms with Crippen LogP contribution in [0.25, 0.3) is 0 Å². The molecule has 14 heavy (non-hydrogen) atoms. The van der Waals surface area contributed by atoms with E-state index < -0.39 is 0 Å². The van der Waals surface area contributed by atoms with E-state index in [1.807, 2.05) is 6.26 Å². The zero-order valence-corrected chi connectivity index (χ0v) is 8.51. The van der Waals surface area contributed by atoms with Crippen LogP contribution in [-0.4, -0.2) is 6.54 Å². The van der Waals surface area contributed by atoms with Gasteiger partial charge in [-0.1, -0.05) is 19.3 Å². The minimum absolute atomic E-state index is 0.277. The van der Waals surface area contributed by atoms with E-state index in [4.69, 9.17) is 4.42 Å². The molecule has 0 amide bonds. The molecule has 2 heterocycles. The molecule has 1 saturated carbocycles. The lowest BCUT2D eigenvalue weighted by Gasteiger charge is -2.41. The van der Waals surface area contributed by atoms with Crippen molar-refractivity contribution in [2.45, 2.75) is 44.1 Å². The Morgan fingerprint density at radius 2 is 2.07 bits per heavy atom. The highest BCUT2D eigenvalue weighted by atomic mass is 16.3. The fraction of sp³-hybridized carbons (Fsp3) is 0.667. The Bertz CT molecular complexity index is 323. The Hall–Kier alpha value is -0.760. The highest BCUT2D eigenvalue weighted by Gasteiger charge is 2.38. The fourth-order valence-corrected chi connectivity index (χ4v) is 3.07. The van der Waals surface area contributed by atoms with Crippen molar-refractivity contribution < 1.29 is 4.42 Å². The van der Waals surface area contributed by atoms with Gasteiger partial charge in [-0.2, -0.15) is 0 Å². The van der Waals surface area contributed by atoms with Crippen molar-refractivity contribution in [2.24, 2.45) is 0 Å². The van der Waals surface area contributed by atoms with Crippen molar-refractivity contribution in [1.82, 2.24) is 5.32 Å². The predicted octanol–water partition coefficient (Wildman–Crippen LogP) is 2.58. The molecule has 0 unspecified atom stereocenters. The van der Waals surface area contributed by atoms with Gasteiger partial charge in [-0.25, -0.2) is 0 Å². The molecular weight excluding hydrogens is 174 g/mol. The van der Waals surface area contributed by atoms with Crippen LogP contribution < -0.4 is 5.32 Å². The van der Waals surface area contributed by atoms with Crippen molar-refractivity contribution in [1.29, 1.82) is 0 Å². The second-order valence-electron chi connectivity index (χ2n) is 4.58. The number of rotatable bonds is 0. The molecule has 0 radical (unpaired) electrons. The third kappa shape index (κ3) is 1.13. The summed E-state index contributed by atoms with van der Waals surface area (Å²) in [6.45, 7) is 1.08. The molecule has 1 aliphatic carbocycles. The molecule has 2 aliphatic rings. The molecule has 1 aromatic rings. The molecule has 0 bridgehead atoms. The molecule has 1 aromatic heterocycles. The van der Waals surface area contributed by atoms with Gasteiger partial charge in [-0.3, -0.25) is 0 Å². The summed E-state index contributed by atoms with van der Waals surface area (Å²) in [6.07, 6.45) is 9.61. The highest BCUT2D eigenvalue weighted by Crippen LogP contribution is 2.40. The highest BCUT2D eigenvalue weighted by molar-refractivity contribution is 5.30. The Kier molecular flexibility index (Phi) is 1.91. The Morgan fingerprint density at radius 3 is 2.93 bits per heavy atom. The third-order valence-corrected chi connectivity index (χ3v) is 3.78. The van der Waals surface area contributed by atoms with Crippen molar-refractivity contribution in [3.63, 3.8) is 0 Å². The molecule has 0 saturated heterocycles. The van der Waals surface area contributed by atoms with Crippen LogP contribution in [0.3, 0.4) is 0 Å². The molecule has 0 atom stereocenters. The summed E-state index contributed by atoms with van der Waals surface area (Å²) in [6, 6.07) is 2.17. The molecule has 76 valence electrons. The largest absolute Gasteiger partial charge is 0.469 e. The molecular formula is C12H17NO. The number of furan rings is 1. The van der Waals surface area contributed by atoms with E-state index in [2.05, 4.69) is 11.4 Å². The Morgan fingerprint density at radius 1 is 1.21 bits per heavy atom. The van der Waals surface area contributed by atoms with Gasteiger partial charge in [0.25, 0.3) is 0 Å². The molecule has 1 spiro atoms. The van der Waals surface area contributed by atoms with Crippen LogP contribution >= 0.6 is 0 Å². The predicted molar refractivity (Wildman–Crippen MR) is 55.2 cm³/mol. The van der Waals surface area contributed by atoms with E-state index in [9.17, 15) is 0 Å². The molecule has 1 N–H and O–H groups in total. The van der Waals surface area contributed by atoms with Crippen LogP contribution in [-0.2, 0) is 12.0 Å². The zero-order valence-electron chi connectivity index (χ0n) is 8.51. The quantitative estimate of drug-likeness (QED) is 0.682. The topological polar surface area (TPSA) is 25.2 Å². The van der Waals surface area contributed by atoms with Gasteiger partial charge in [0, 0.05) is 24.1 Å². The zero-order chi connectivity index (χ0) is 9.43. The van der Waals surface area contributed by atoms with Gasteiger partial charge in [0.2, 0.25) is 0 Å². The first-order valence-electron chi connectivity index (χ1n) is 5.73. The van der Waals surface area contributed by atoms with Crippen molar-refractivity contribution in [3.05, 3.63) is 23.7 Å². The van der Waals surface area contributed by atoms with Crippen LogP contribution in [0.15, 0.2) is 16.7 Å². The maximum absolute atomic E-state index is 5.54. The summed E-state index contributed by atoms with van der Waals surface area (Å²) in [4.78, 5) is 0. The van der Waals surface area contributed by atoms with Crippen LogP contribution in [0.5, 0.6) is 0 Å². The lowest BCUT2D eigenvalue weighted by atomic mass is 9.75. The van der Waals surface area contributed by atoms with Crippen LogP contribution in [0.1, 0.15) is 43.4 Å². The second-order valence-corrected chi connectivity index (χ2v) is 4.58. The van der Waals surface area contributed by atoms with E-state index in [0.717, 1.165) is 13.0 Å². The smallest absolute Gasteiger partial charge is 0.110 e. The molecule has 0 aromatic carbocycles. The van der Waals surface area contributed by atoms with Gasteiger partial charge in [0.05, 0.1) is 6.26 Å². The average Bonchev–Trinajstić information content (AvgIpc) is 2.69. The maximum Gasteiger partial charge on any atom is 0.110 e. The Labute approximate surface area is 84.7 Å². The standard InChI is InChI=1S/C12H17NO/c1-2-6-12(7-3-1)10-5-9-14-11(10)4-8-13-12/h5,9,13H,1-4,6-8H2. The summed E-state index contributed by atoms with van der Waals surface area (Å²) < 4.78 is 5.54. The summed E-state index contributed by atoms with van der Waals surface area (Å²) >= 11 is 0. The lowest BCUT2D eigenvalue weighted by Crippen LogP contribution is -2.48. The summed E-state index contributed by atoms with van der Waals surface area (Å²) in [5, 5.41) is 3.72. The summed E-state index contributed by atoms with van der Waals surface area (Å²) in [7, 11) is 0. The van der Waals surface area contributed by atoms with E-state index in [1.54, 1.807) is 0 Å². The number of hydrogen-bond acceptors (Lipinski definition) is 2. The normalized spacial score (nSPS) is 24.9. The number of nitrogens with one attached hydrogen (secondary N) is 1. The van der Waals surface area contributed by atoms with E-state index in [1.165, 1.54) is 43.4 Å². The van der Waals surface area contributed by atoms with Crippen LogP contribution in [0, 0.1) is 0 Å². The minimum atomic E-state index is 0.277. The van der Waals surface area contributed by atoms with Gasteiger partial charge in [-0.05, 0) is 18.9 Å². The first-order valence-corrected chi connectivity index (χ1v) is 5.73. The van der Waals surface area contributed by atoms with Crippen molar-refractivity contribution in [3.8, 4) is 0 Å². The lowest BCUT2D eigenvalue weighted by molar-refractivity contribution is 0.215. The van der Waals surface area contributed by atoms with Gasteiger partial charge in [-0.15, -0.1) is 0 Å². The Balaban J connectivity index is 2.01. The van der Waals surface area contributed by atoms with Gasteiger partial charge in [0.15, 0.2) is 0 Å². The molecule has 2 nitrogen and oxygen atoms in total. The van der Waals surface area contributed by atoms with Gasteiger partial charge < -0.3 is 9.73 Å². The summed E-state index contributed by atoms with van der Waals surface area (Å²) in [5.74, 6) is 1.23. The summed E-state index contributed by atoms with van der Waals surface area (Å²) in [5.41, 5.74) is 1.72. The monoisotopic (exact) mass is 191 g/mol. The molecule has 2 heteroatoms. The molecule has 1 fully saturated rings. The van der Waals surface area contributed by atoms with Crippen molar-refractivity contribution in [2.75, 3.05) is 6.54 Å². The minimum Gasteiger partial charge on any atom is -0.469 e. The number of hydrogen-bond donors (Lipinski definition) is 1.